The first-order valence-corrected chi connectivity index (χ1v) is 8.14. The molecule has 6 heteroatoms. The van der Waals surface area contributed by atoms with Crippen LogP contribution < -0.4 is 10.2 Å². The molecule has 4 nitrogen and oxygen atoms in total. The summed E-state index contributed by atoms with van der Waals surface area (Å²) in [5.74, 6) is -0.227. The number of hydrogen-bond donors (Lipinski definition) is 1. The fraction of sp³-hybridized carbons (Fsp3) is 0.467. The van der Waals surface area contributed by atoms with Gasteiger partial charge in [-0.15, -0.1) is 0 Å². The topological polar surface area (TPSA) is 49.4 Å². The number of piperazine rings is 1. The van der Waals surface area contributed by atoms with Crippen LogP contribution >= 0.6 is 27.5 Å². The highest BCUT2D eigenvalue weighted by atomic mass is 79.9. The molecular weight excluding hydrogens is 356 g/mol. The molecule has 1 N–H and O–H groups in total. The number of rotatable bonds is 3. The maximum absolute atomic E-state index is 12.9. The molecule has 0 saturated carbocycles. The number of benzene rings is 1. The molecule has 1 aliphatic rings. The number of amides is 2. The Morgan fingerprint density at radius 2 is 1.95 bits per heavy atom. The lowest BCUT2D eigenvalue weighted by Crippen LogP contribution is -2.69. The summed E-state index contributed by atoms with van der Waals surface area (Å²) in [6, 6.07) is 4.72. The first-order chi connectivity index (χ1) is 9.86. The minimum atomic E-state index is -0.830. The van der Waals surface area contributed by atoms with Crippen LogP contribution in [0.4, 0.5) is 5.69 Å². The summed E-state index contributed by atoms with van der Waals surface area (Å²) < 4.78 is 0.756. The van der Waals surface area contributed by atoms with E-state index in [0.29, 0.717) is 23.6 Å². The molecule has 1 aliphatic heterocycles. The lowest BCUT2D eigenvalue weighted by Gasteiger charge is -2.44. The van der Waals surface area contributed by atoms with E-state index >= 15 is 0 Å². The van der Waals surface area contributed by atoms with Crippen LogP contribution in [-0.4, -0.2) is 23.4 Å². The van der Waals surface area contributed by atoms with E-state index in [4.69, 9.17) is 11.6 Å². The lowest BCUT2D eigenvalue weighted by atomic mass is 9.87. The van der Waals surface area contributed by atoms with Crippen LogP contribution in [0, 0.1) is 0 Å². The van der Waals surface area contributed by atoms with Crippen molar-refractivity contribution in [2.24, 2.45) is 0 Å². The van der Waals surface area contributed by atoms with Crippen LogP contribution in [0.25, 0.3) is 0 Å². The summed E-state index contributed by atoms with van der Waals surface area (Å²) in [4.78, 5) is 26.7. The molecule has 1 atom stereocenters. The highest BCUT2D eigenvalue weighted by Crippen LogP contribution is 2.33. The van der Waals surface area contributed by atoms with Crippen LogP contribution in [0.1, 0.15) is 33.6 Å². The Morgan fingerprint density at radius 1 is 1.33 bits per heavy atom. The van der Waals surface area contributed by atoms with Crippen molar-refractivity contribution in [2.45, 2.75) is 45.2 Å². The Balaban J connectivity index is 2.50. The number of anilines is 1. The molecule has 21 heavy (non-hydrogen) atoms. The predicted molar refractivity (Wildman–Crippen MR) is 87.6 cm³/mol. The molecule has 1 fully saturated rings. The van der Waals surface area contributed by atoms with Crippen molar-refractivity contribution in [1.82, 2.24) is 5.32 Å². The van der Waals surface area contributed by atoms with Crippen LogP contribution in [0.5, 0.6) is 0 Å². The molecule has 0 bridgehead atoms. The third kappa shape index (κ3) is 2.69. The van der Waals surface area contributed by atoms with Gasteiger partial charge in [0.2, 0.25) is 5.91 Å². The second kappa shape index (κ2) is 5.97. The highest BCUT2D eigenvalue weighted by Gasteiger charge is 2.47. The maximum Gasteiger partial charge on any atom is 0.253 e. The largest absolute Gasteiger partial charge is 0.340 e. The van der Waals surface area contributed by atoms with Crippen molar-refractivity contribution >= 4 is 45.0 Å². The van der Waals surface area contributed by atoms with E-state index in [1.807, 2.05) is 13.8 Å². The Bertz CT molecular complexity index is 587. The third-order valence-corrected chi connectivity index (χ3v) is 5.38. The van der Waals surface area contributed by atoms with Crippen molar-refractivity contribution in [1.29, 1.82) is 0 Å². The lowest BCUT2D eigenvalue weighted by molar-refractivity contribution is -0.138. The zero-order chi connectivity index (χ0) is 15.8. The normalized spacial score (nSPS) is 21.4. The Kier molecular flexibility index (Phi) is 4.63. The summed E-state index contributed by atoms with van der Waals surface area (Å²) in [5, 5.41) is 3.39. The van der Waals surface area contributed by atoms with Gasteiger partial charge in [-0.1, -0.05) is 25.4 Å². The Hall–Kier alpha value is -1.07. The van der Waals surface area contributed by atoms with Crippen LogP contribution in [-0.2, 0) is 9.59 Å². The van der Waals surface area contributed by atoms with Gasteiger partial charge in [-0.25, -0.2) is 0 Å². The van der Waals surface area contributed by atoms with Crippen molar-refractivity contribution < 1.29 is 9.59 Å². The van der Waals surface area contributed by atoms with Gasteiger partial charge in [0.25, 0.3) is 5.91 Å². The highest BCUT2D eigenvalue weighted by molar-refractivity contribution is 9.10. The first kappa shape index (κ1) is 16.3. The van der Waals surface area contributed by atoms with Gasteiger partial charge in [-0.2, -0.15) is 0 Å². The minimum Gasteiger partial charge on any atom is -0.340 e. The number of nitrogens with zero attached hydrogens (tertiary/aromatic N) is 1. The molecule has 0 aromatic heterocycles. The number of nitrogens with one attached hydrogen (secondary N) is 1. The summed E-state index contributed by atoms with van der Waals surface area (Å²) in [6.07, 6.45) is 1.11. The number of carbonyl (C=O) groups is 2. The molecule has 1 unspecified atom stereocenters. The van der Waals surface area contributed by atoms with Gasteiger partial charge in [0.15, 0.2) is 0 Å². The van der Waals surface area contributed by atoms with Gasteiger partial charge in [-0.3, -0.25) is 14.5 Å². The van der Waals surface area contributed by atoms with Gasteiger partial charge in [0.05, 0.1) is 5.02 Å². The van der Waals surface area contributed by atoms with E-state index in [9.17, 15) is 9.59 Å². The van der Waals surface area contributed by atoms with Gasteiger partial charge < -0.3 is 5.32 Å². The molecule has 1 heterocycles. The molecule has 1 saturated heterocycles. The van der Waals surface area contributed by atoms with Crippen LogP contribution in [0.2, 0.25) is 5.02 Å². The van der Waals surface area contributed by atoms with Gasteiger partial charge in [-0.05, 0) is 53.9 Å². The molecule has 114 valence electrons. The van der Waals surface area contributed by atoms with Crippen molar-refractivity contribution in [2.75, 3.05) is 4.90 Å². The maximum atomic E-state index is 12.9. The average molecular weight is 374 g/mol. The number of hydrogen-bond acceptors (Lipinski definition) is 2. The quantitative estimate of drug-likeness (QED) is 0.881. The molecule has 1 aromatic rings. The first-order valence-electron chi connectivity index (χ1n) is 6.97. The van der Waals surface area contributed by atoms with Crippen molar-refractivity contribution in [3.63, 3.8) is 0 Å². The van der Waals surface area contributed by atoms with Crippen LogP contribution in [0.3, 0.4) is 0 Å². The van der Waals surface area contributed by atoms with E-state index < -0.39 is 11.6 Å². The molecule has 0 radical (unpaired) electrons. The zero-order valence-electron chi connectivity index (χ0n) is 12.2. The molecule has 1 aromatic carbocycles. The van der Waals surface area contributed by atoms with E-state index in [0.717, 1.165) is 4.47 Å². The van der Waals surface area contributed by atoms with Crippen LogP contribution in [0.15, 0.2) is 22.7 Å². The zero-order valence-corrected chi connectivity index (χ0v) is 14.6. The summed E-state index contributed by atoms with van der Waals surface area (Å²) in [6.45, 7) is 5.53. The van der Waals surface area contributed by atoms with E-state index in [1.54, 1.807) is 30.0 Å². The Labute approximate surface area is 138 Å². The molecule has 2 amide bonds. The molecule has 0 aliphatic carbocycles. The fourth-order valence-corrected chi connectivity index (χ4v) is 3.04. The SMILES string of the molecule is CCC1(CC)NC(=O)C(C)N(c2ccc(Br)c(Cl)c2)C1=O. The summed E-state index contributed by atoms with van der Waals surface area (Å²) in [7, 11) is 0. The van der Waals surface area contributed by atoms with Gasteiger partial charge in [0.1, 0.15) is 11.6 Å². The third-order valence-electron chi connectivity index (χ3n) is 4.15. The monoisotopic (exact) mass is 372 g/mol. The molecular formula is C15H18BrClN2O2. The molecule has 2 rings (SSSR count). The van der Waals surface area contributed by atoms with Gasteiger partial charge in [0, 0.05) is 10.2 Å². The number of carbonyl (C=O) groups excluding carboxylic acids is 2. The predicted octanol–water partition coefficient (Wildman–Crippen LogP) is 3.51. The van der Waals surface area contributed by atoms with E-state index in [1.165, 1.54) is 0 Å². The summed E-state index contributed by atoms with van der Waals surface area (Å²) >= 11 is 9.45. The molecule has 0 spiro atoms. The Morgan fingerprint density at radius 3 is 2.48 bits per heavy atom. The van der Waals surface area contributed by atoms with E-state index in [-0.39, 0.29) is 11.8 Å². The van der Waals surface area contributed by atoms with Gasteiger partial charge >= 0.3 is 0 Å². The fourth-order valence-electron chi connectivity index (χ4n) is 2.62. The van der Waals surface area contributed by atoms with Crippen molar-refractivity contribution in [3.05, 3.63) is 27.7 Å². The van der Waals surface area contributed by atoms with Crippen molar-refractivity contribution in [3.8, 4) is 0 Å². The summed E-state index contributed by atoms with van der Waals surface area (Å²) in [5.41, 5.74) is -0.190. The smallest absolute Gasteiger partial charge is 0.253 e. The second-order valence-electron chi connectivity index (χ2n) is 5.23. The number of halogens is 2. The average Bonchev–Trinajstić information content (AvgIpc) is 2.47. The van der Waals surface area contributed by atoms with E-state index in [2.05, 4.69) is 21.2 Å². The minimum absolute atomic E-state index is 0.0852. The standard InChI is InChI=1S/C15H18BrClN2O2/c1-4-15(5-2)14(21)19(9(3)13(20)18-15)10-6-7-11(16)12(17)8-10/h6-9H,4-5H2,1-3H3,(H,18,20). The second-order valence-corrected chi connectivity index (χ2v) is 6.49.